The van der Waals surface area contributed by atoms with E-state index in [1.165, 1.54) is 29.6 Å². The highest BCUT2D eigenvalue weighted by molar-refractivity contribution is 6.76. The molecule has 136 valence electrons. The lowest BCUT2D eigenvalue weighted by atomic mass is 10.1. The summed E-state index contributed by atoms with van der Waals surface area (Å²) in [5, 5.41) is 11.4. The molecule has 0 N–H and O–H groups in total. The minimum absolute atomic E-state index is 0.0356. The molecule has 0 spiro atoms. The number of amides is 1. The standard InChI is InChI=1S/C16H22N2O6Si/c1-25(2,3)9-8-22-12-17(11-19)14-5-4-13(10-15(14)18(20)21)16-23-6-7-24-16/h4-7,10-11,16H,8-9,12H2,1-3H3. The summed E-state index contributed by atoms with van der Waals surface area (Å²) < 4.78 is 15.9. The maximum Gasteiger partial charge on any atom is 0.293 e. The van der Waals surface area contributed by atoms with Gasteiger partial charge in [-0.25, -0.2) is 0 Å². The molecule has 1 amide bonds. The Morgan fingerprint density at radius 3 is 2.56 bits per heavy atom. The number of rotatable bonds is 9. The van der Waals surface area contributed by atoms with E-state index < -0.39 is 19.3 Å². The van der Waals surface area contributed by atoms with Gasteiger partial charge in [0.15, 0.2) is 0 Å². The Kier molecular flexibility index (Phi) is 6.15. The van der Waals surface area contributed by atoms with Crippen LogP contribution in [0, 0.1) is 10.1 Å². The molecular weight excluding hydrogens is 344 g/mol. The normalized spacial score (nSPS) is 14.0. The first-order valence-corrected chi connectivity index (χ1v) is 11.6. The van der Waals surface area contributed by atoms with Crippen molar-refractivity contribution >= 4 is 25.9 Å². The van der Waals surface area contributed by atoms with E-state index >= 15 is 0 Å². The molecule has 0 unspecified atom stereocenters. The molecule has 9 heteroatoms. The third kappa shape index (κ3) is 5.30. The van der Waals surface area contributed by atoms with Gasteiger partial charge in [0.2, 0.25) is 6.41 Å². The van der Waals surface area contributed by atoms with Crippen LogP contribution in [0.4, 0.5) is 11.4 Å². The van der Waals surface area contributed by atoms with E-state index in [-0.39, 0.29) is 18.1 Å². The number of carbonyl (C=O) groups is 1. The minimum Gasteiger partial charge on any atom is -0.455 e. The number of hydrogen-bond acceptors (Lipinski definition) is 6. The van der Waals surface area contributed by atoms with Crippen LogP contribution in [-0.4, -0.2) is 32.7 Å². The first-order chi connectivity index (χ1) is 11.8. The summed E-state index contributed by atoms with van der Waals surface area (Å²) in [5.74, 6) is 0. The zero-order chi connectivity index (χ0) is 18.4. The Morgan fingerprint density at radius 2 is 2.00 bits per heavy atom. The number of carbonyl (C=O) groups excluding carboxylic acids is 1. The van der Waals surface area contributed by atoms with Crippen molar-refractivity contribution in [2.24, 2.45) is 0 Å². The van der Waals surface area contributed by atoms with Crippen molar-refractivity contribution in [3.8, 4) is 0 Å². The molecule has 0 aliphatic carbocycles. The number of nitro groups is 1. The lowest BCUT2D eigenvalue weighted by molar-refractivity contribution is -0.384. The quantitative estimate of drug-likeness (QED) is 0.166. The van der Waals surface area contributed by atoms with Gasteiger partial charge in [0.25, 0.3) is 12.0 Å². The third-order valence-corrected chi connectivity index (χ3v) is 5.30. The highest BCUT2D eigenvalue weighted by Crippen LogP contribution is 2.33. The van der Waals surface area contributed by atoms with Crippen LogP contribution in [-0.2, 0) is 19.0 Å². The second-order valence-corrected chi connectivity index (χ2v) is 12.4. The zero-order valence-corrected chi connectivity index (χ0v) is 15.5. The Labute approximate surface area is 147 Å². The Balaban J connectivity index is 2.11. The average Bonchev–Trinajstić information content (AvgIpc) is 3.08. The van der Waals surface area contributed by atoms with E-state index in [4.69, 9.17) is 14.2 Å². The molecule has 0 aromatic heterocycles. The number of nitro benzene ring substituents is 1. The van der Waals surface area contributed by atoms with Gasteiger partial charge in [0, 0.05) is 26.3 Å². The molecule has 25 heavy (non-hydrogen) atoms. The predicted molar refractivity (Wildman–Crippen MR) is 94.7 cm³/mol. The number of anilines is 1. The smallest absolute Gasteiger partial charge is 0.293 e. The fraction of sp³-hybridized carbons (Fsp3) is 0.438. The predicted octanol–water partition coefficient (Wildman–Crippen LogP) is 3.39. The van der Waals surface area contributed by atoms with E-state index in [0.717, 1.165) is 6.04 Å². The molecule has 2 rings (SSSR count). The largest absolute Gasteiger partial charge is 0.455 e. The number of hydrogen-bond donors (Lipinski definition) is 0. The first-order valence-electron chi connectivity index (χ1n) is 7.86. The molecule has 1 aromatic rings. The Morgan fingerprint density at radius 1 is 1.32 bits per heavy atom. The highest BCUT2D eigenvalue weighted by Gasteiger charge is 2.24. The van der Waals surface area contributed by atoms with Gasteiger partial charge in [0.05, 0.1) is 4.92 Å². The Hall–Kier alpha value is -2.39. The summed E-state index contributed by atoms with van der Waals surface area (Å²) >= 11 is 0. The third-order valence-electron chi connectivity index (χ3n) is 3.59. The summed E-state index contributed by atoms with van der Waals surface area (Å²) in [4.78, 5) is 23.4. The van der Waals surface area contributed by atoms with Gasteiger partial charge in [-0.3, -0.25) is 19.8 Å². The van der Waals surface area contributed by atoms with E-state index in [1.807, 2.05) is 0 Å². The van der Waals surface area contributed by atoms with Crippen molar-refractivity contribution < 1.29 is 23.9 Å². The van der Waals surface area contributed by atoms with Crippen molar-refractivity contribution in [1.82, 2.24) is 0 Å². The SMILES string of the molecule is C[Si](C)(C)CCOCN(C=O)c1ccc(C2OC=CO2)cc1[N+](=O)[O-]. The van der Waals surface area contributed by atoms with E-state index in [9.17, 15) is 14.9 Å². The molecule has 0 saturated heterocycles. The topological polar surface area (TPSA) is 91.1 Å². The van der Waals surface area contributed by atoms with Gasteiger partial charge in [-0.05, 0) is 18.2 Å². The summed E-state index contributed by atoms with van der Waals surface area (Å²) in [6.45, 7) is 7.14. The molecule has 0 atom stereocenters. The summed E-state index contributed by atoms with van der Waals surface area (Å²) in [5.41, 5.74) is 0.450. The summed E-state index contributed by atoms with van der Waals surface area (Å²) in [6.07, 6.45) is 2.55. The van der Waals surface area contributed by atoms with Gasteiger partial charge < -0.3 is 14.2 Å². The Bertz CT molecular complexity index is 651. The molecule has 1 heterocycles. The number of benzene rings is 1. The summed E-state index contributed by atoms with van der Waals surface area (Å²) in [7, 11) is -1.24. The molecular formula is C16H22N2O6Si. The average molecular weight is 366 g/mol. The lowest BCUT2D eigenvalue weighted by Crippen LogP contribution is -2.28. The molecule has 1 aliphatic heterocycles. The van der Waals surface area contributed by atoms with Crippen molar-refractivity contribution in [3.63, 3.8) is 0 Å². The highest BCUT2D eigenvalue weighted by atomic mass is 28.3. The minimum atomic E-state index is -1.24. The van der Waals surface area contributed by atoms with Crippen LogP contribution in [0.5, 0.6) is 0 Å². The van der Waals surface area contributed by atoms with Crippen LogP contribution in [0.3, 0.4) is 0 Å². The molecule has 0 saturated carbocycles. The summed E-state index contributed by atoms with van der Waals surface area (Å²) in [6, 6.07) is 5.41. The monoisotopic (exact) mass is 366 g/mol. The van der Waals surface area contributed by atoms with Gasteiger partial charge in [-0.1, -0.05) is 19.6 Å². The van der Waals surface area contributed by atoms with Crippen LogP contribution in [0.15, 0.2) is 30.7 Å². The molecule has 8 nitrogen and oxygen atoms in total. The molecule has 0 bridgehead atoms. The first kappa shape index (κ1) is 18.9. The molecule has 0 radical (unpaired) electrons. The van der Waals surface area contributed by atoms with Crippen molar-refractivity contribution in [3.05, 3.63) is 46.4 Å². The second kappa shape index (κ2) is 8.12. The number of nitrogens with zero attached hydrogens (tertiary/aromatic N) is 2. The van der Waals surface area contributed by atoms with Crippen molar-refractivity contribution in [2.75, 3.05) is 18.2 Å². The van der Waals surface area contributed by atoms with Crippen LogP contribution >= 0.6 is 0 Å². The van der Waals surface area contributed by atoms with Gasteiger partial charge in [-0.2, -0.15) is 0 Å². The molecule has 0 fully saturated rings. The van der Waals surface area contributed by atoms with Crippen LogP contribution in [0.1, 0.15) is 11.9 Å². The van der Waals surface area contributed by atoms with Gasteiger partial charge >= 0.3 is 0 Å². The van der Waals surface area contributed by atoms with Crippen molar-refractivity contribution in [1.29, 1.82) is 0 Å². The fourth-order valence-electron chi connectivity index (χ4n) is 2.17. The fourth-order valence-corrected chi connectivity index (χ4v) is 2.93. The zero-order valence-electron chi connectivity index (χ0n) is 14.5. The molecule has 1 aromatic carbocycles. The van der Waals surface area contributed by atoms with E-state index in [0.29, 0.717) is 18.6 Å². The molecule has 1 aliphatic rings. The maximum absolute atomic E-state index is 11.4. The lowest BCUT2D eigenvalue weighted by Gasteiger charge is -2.20. The maximum atomic E-state index is 11.4. The van der Waals surface area contributed by atoms with Crippen molar-refractivity contribution in [2.45, 2.75) is 32.0 Å². The van der Waals surface area contributed by atoms with Crippen LogP contribution < -0.4 is 4.90 Å². The van der Waals surface area contributed by atoms with Crippen LogP contribution in [0.25, 0.3) is 0 Å². The van der Waals surface area contributed by atoms with Gasteiger partial charge in [-0.15, -0.1) is 0 Å². The number of ether oxygens (including phenoxy) is 3. The van der Waals surface area contributed by atoms with Gasteiger partial charge in [0.1, 0.15) is 24.9 Å². The second-order valence-electron chi connectivity index (χ2n) is 6.80. The van der Waals surface area contributed by atoms with E-state index in [2.05, 4.69) is 19.6 Å². The van der Waals surface area contributed by atoms with Crippen LogP contribution in [0.2, 0.25) is 25.7 Å². The van der Waals surface area contributed by atoms with E-state index in [1.54, 1.807) is 6.07 Å².